The van der Waals surface area contributed by atoms with Crippen LogP contribution >= 0.6 is 0 Å². The highest BCUT2D eigenvalue weighted by molar-refractivity contribution is 6.12. The first-order valence-corrected chi connectivity index (χ1v) is 10.1. The number of hydrogen-bond donors (Lipinski definition) is 1. The van der Waals surface area contributed by atoms with Crippen molar-refractivity contribution in [1.82, 2.24) is 0 Å². The first-order valence-electron chi connectivity index (χ1n) is 10.1. The summed E-state index contributed by atoms with van der Waals surface area (Å²) in [5, 5.41) is 8.41. The minimum atomic E-state index is 0.893. The zero-order valence-corrected chi connectivity index (χ0v) is 16.3. The third-order valence-electron chi connectivity index (χ3n) is 5.66. The van der Waals surface area contributed by atoms with Crippen LogP contribution in [0.15, 0.2) is 114 Å². The van der Waals surface area contributed by atoms with Crippen LogP contribution in [0, 0.1) is 0 Å². The number of furan rings is 1. The fourth-order valence-electron chi connectivity index (χ4n) is 4.22. The van der Waals surface area contributed by atoms with Crippen molar-refractivity contribution in [2.24, 2.45) is 0 Å². The van der Waals surface area contributed by atoms with Crippen molar-refractivity contribution in [3.63, 3.8) is 0 Å². The zero-order chi connectivity index (χ0) is 19.9. The first kappa shape index (κ1) is 16.9. The molecule has 0 aliphatic carbocycles. The summed E-state index contributed by atoms with van der Waals surface area (Å²) >= 11 is 0. The average molecular weight is 385 g/mol. The Morgan fingerprint density at radius 3 is 2.23 bits per heavy atom. The van der Waals surface area contributed by atoms with Gasteiger partial charge < -0.3 is 9.73 Å². The van der Waals surface area contributed by atoms with Crippen molar-refractivity contribution in [2.45, 2.75) is 0 Å². The van der Waals surface area contributed by atoms with Gasteiger partial charge in [-0.05, 0) is 46.7 Å². The van der Waals surface area contributed by atoms with E-state index in [1.807, 2.05) is 24.3 Å². The van der Waals surface area contributed by atoms with Crippen LogP contribution in [0.25, 0.3) is 43.8 Å². The Balaban J connectivity index is 1.50. The van der Waals surface area contributed by atoms with Gasteiger partial charge in [-0.2, -0.15) is 0 Å². The molecule has 0 fully saturated rings. The van der Waals surface area contributed by atoms with E-state index in [1.165, 1.54) is 21.9 Å². The van der Waals surface area contributed by atoms with Gasteiger partial charge in [0, 0.05) is 16.6 Å². The summed E-state index contributed by atoms with van der Waals surface area (Å²) in [5.74, 6) is 0. The van der Waals surface area contributed by atoms with Crippen molar-refractivity contribution in [3.8, 4) is 11.1 Å². The van der Waals surface area contributed by atoms with Crippen molar-refractivity contribution < 1.29 is 4.42 Å². The number of benzene rings is 5. The van der Waals surface area contributed by atoms with Crippen LogP contribution in [-0.2, 0) is 0 Å². The second-order valence-corrected chi connectivity index (χ2v) is 7.51. The Morgan fingerprint density at radius 2 is 1.27 bits per heavy atom. The van der Waals surface area contributed by atoms with Crippen molar-refractivity contribution in [3.05, 3.63) is 109 Å². The largest absolute Gasteiger partial charge is 0.456 e. The number of rotatable bonds is 3. The Bertz CT molecular complexity index is 1530. The molecule has 0 aliphatic heterocycles. The maximum absolute atomic E-state index is 6.05. The van der Waals surface area contributed by atoms with Gasteiger partial charge in [-0.15, -0.1) is 0 Å². The number of fused-ring (bicyclic) bond motifs is 4. The molecule has 1 aromatic heterocycles. The van der Waals surface area contributed by atoms with Gasteiger partial charge in [-0.1, -0.05) is 78.9 Å². The van der Waals surface area contributed by atoms with E-state index in [-0.39, 0.29) is 0 Å². The summed E-state index contributed by atoms with van der Waals surface area (Å²) in [5.41, 5.74) is 6.29. The number of nitrogens with one attached hydrogen (secondary N) is 1. The topological polar surface area (TPSA) is 25.2 Å². The van der Waals surface area contributed by atoms with E-state index in [0.29, 0.717) is 0 Å². The average Bonchev–Trinajstić information content (AvgIpc) is 3.19. The molecule has 6 rings (SSSR count). The number of anilines is 2. The monoisotopic (exact) mass is 385 g/mol. The maximum atomic E-state index is 6.05. The Kier molecular flexibility index (Phi) is 3.82. The molecule has 0 spiro atoms. The lowest BCUT2D eigenvalue weighted by Gasteiger charge is -2.14. The van der Waals surface area contributed by atoms with Gasteiger partial charge in [-0.25, -0.2) is 0 Å². The molecule has 0 saturated heterocycles. The van der Waals surface area contributed by atoms with Gasteiger partial charge in [-0.3, -0.25) is 0 Å². The second-order valence-electron chi connectivity index (χ2n) is 7.51. The van der Waals surface area contributed by atoms with Crippen molar-refractivity contribution in [1.29, 1.82) is 0 Å². The Hall–Kier alpha value is -4.04. The lowest BCUT2D eigenvalue weighted by atomic mass is 9.99. The van der Waals surface area contributed by atoms with Crippen LogP contribution in [0.4, 0.5) is 11.4 Å². The molecule has 0 atom stereocenters. The van der Waals surface area contributed by atoms with E-state index < -0.39 is 0 Å². The normalized spacial score (nSPS) is 11.3. The van der Waals surface area contributed by atoms with E-state index in [9.17, 15) is 0 Å². The molecule has 0 unspecified atom stereocenters. The summed E-state index contributed by atoms with van der Waals surface area (Å²) < 4.78 is 6.05. The number of hydrogen-bond acceptors (Lipinski definition) is 2. The SMILES string of the molecule is c1ccc(-c2ccc3ccccc3c2)c(Nc2cccc3oc4ccccc4c23)c1. The van der Waals surface area contributed by atoms with Crippen LogP contribution < -0.4 is 5.32 Å². The molecule has 6 aromatic rings. The molecule has 2 heteroatoms. The predicted molar refractivity (Wildman–Crippen MR) is 126 cm³/mol. The van der Waals surface area contributed by atoms with Gasteiger partial charge in [0.15, 0.2) is 0 Å². The minimum Gasteiger partial charge on any atom is -0.456 e. The Labute approximate surface area is 174 Å². The van der Waals surface area contributed by atoms with E-state index in [0.717, 1.165) is 33.3 Å². The van der Waals surface area contributed by atoms with E-state index in [2.05, 4.69) is 90.2 Å². The lowest BCUT2D eigenvalue weighted by Crippen LogP contribution is -1.94. The van der Waals surface area contributed by atoms with E-state index in [1.54, 1.807) is 0 Å². The lowest BCUT2D eigenvalue weighted by molar-refractivity contribution is 0.669. The summed E-state index contributed by atoms with van der Waals surface area (Å²) in [7, 11) is 0. The van der Waals surface area contributed by atoms with Crippen LogP contribution in [0.1, 0.15) is 0 Å². The van der Waals surface area contributed by atoms with Crippen LogP contribution in [0.3, 0.4) is 0 Å². The summed E-state index contributed by atoms with van der Waals surface area (Å²) in [6.07, 6.45) is 0. The molecule has 1 heterocycles. The quantitative estimate of drug-likeness (QED) is 0.332. The summed E-state index contributed by atoms with van der Waals surface area (Å²) in [4.78, 5) is 0. The highest BCUT2D eigenvalue weighted by Crippen LogP contribution is 2.38. The van der Waals surface area contributed by atoms with E-state index in [4.69, 9.17) is 4.42 Å². The molecular weight excluding hydrogens is 366 g/mol. The first-order chi connectivity index (χ1) is 14.9. The second kappa shape index (κ2) is 6.78. The smallest absolute Gasteiger partial charge is 0.137 e. The fraction of sp³-hybridized carbons (Fsp3) is 0. The molecule has 0 bridgehead atoms. The molecular formula is C28H19NO. The van der Waals surface area contributed by atoms with Gasteiger partial charge >= 0.3 is 0 Å². The molecule has 0 aliphatic rings. The molecule has 0 radical (unpaired) electrons. The molecule has 5 aromatic carbocycles. The van der Waals surface area contributed by atoms with Gasteiger partial charge in [0.1, 0.15) is 11.2 Å². The third kappa shape index (κ3) is 2.73. The molecule has 142 valence electrons. The van der Waals surface area contributed by atoms with Gasteiger partial charge in [0.25, 0.3) is 0 Å². The summed E-state index contributed by atoms with van der Waals surface area (Å²) in [6.45, 7) is 0. The zero-order valence-electron chi connectivity index (χ0n) is 16.3. The standard InChI is InChI=1S/C28H19NO/c1-2-9-20-18-21(17-16-19(20)8-1)22-10-3-5-12-24(22)29-25-13-7-15-27-28(25)23-11-4-6-14-26(23)30-27/h1-18,29H. The van der Waals surface area contributed by atoms with Crippen LogP contribution in [0.5, 0.6) is 0 Å². The van der Waals surface area contributed by atoms with Gasteiger partial charge in [0.2, 0.25) is 0 Å². The summed E-state index contributed by atoms with van der Waals surface area (Å²) in [6, 6.07) is 37.9. The Morgan fingerprint density at radius 1 is 0.533 bits per heavy atom. The molecule has 1 N–H and O–H groups in total. The molecule has 30 heavy (non-hydrogen) atoms. The highest BCUT2D eigenvalue weighted by atomic mass is 16.3. The minimum absolute atomic E-state index is 0.893. The fourth-order valence-corrected chi connectivity index (χ4v) is 4.22. The molecule has 0 saturated carbocycles. The van der Waals surface area contributed by atoms with Gasteiger partial charge in [0.05, 0.1) is 11.1 Å². The highest BCUT2D eigenvalue weighted by Gasteiger charge is 2.12. The molecule has 0 amide bonds. The predicted octanol–water partition coefficient (Wildman–Crippen LogP) is 8.15. The number of para-hydroxylation sites is 2. The van der Waals surface area contributed by atoms with Crippen molar-refractivity contribution >= 4 is 44.1 Å². The van der Waals surface area contributed by atoms with E-state index >= 15 is 0 Å². The third-order valence-corrected chi connectivity index (χ3v) is 5.66. The van der Waals surface area contributed by atoms with Crippen molar-refractivity contribution in [2.75, 3.05) is 5.32 Å². The molecule has 2 nitrogen and oxygen atoms in total. The van der Waals surface area contributed by atoms with Crippen LogP contribution in [-0.4, -0.2) is 0 Å². The van der Waals surface area contributed by atoms with Crippen LogP contribution in [0.2, 0.25) is 0 Å². The maximum Gasteiger partial charge on any atom is 0.137 e.